The molecule has 7 nitrogen and oxygen atoms in total. The van der Waals surface area contributed by atoms with E-state index in [1.807, 2.05) is 0 Å². The zero-order valence-electron chi connectivity index (χ0n) is 10.3. The van der Waals surface area contributed by atoms with Crippen molar-refractivity contribution in [2.24, 2.45) is 0 Å². The van der Waals surface area contributed by atoms with Gasteiger partial charge in [0.05, 0.1) is 19.8 Å². The first kappa shape index (κ1) is 15.8. The number of amides is 3. The Kier molecular flexibility index (Phi) is 8.29. The Morgan fingerprint density at radius 2 is 1.71 bits per heavy atom. The molecule has 17 heavy (non-hydrogen) atoms. The zero-order chi connectivity index (χ0) is 13.3. The lowest BCUT2D eigenvalue weighted by molar-refractivity contribution is -0.121. The van der Waals surface area contributed by atoms with Gasteiger partial charge in [0.1, 0.15) is 0 Å². The van der Waals surface area contributed by atoms with Crippen molar-refractivity contribution in [2.75, 3.05) is 32.8 Å². The first-order valence-electron chi connectivity index (χ1n) is 5.54. The molecule has 0 aromatic heterocycles. The number of urea groups is 1. The van der Waals surface area contributed by atoms with E-state index in [1.54, 1.807) is 18.7 Å². The van der Waals surface area contributed by atoms with Crippen molar-refractivity contribution in [3.05, 3.63) is 0 Å². The SMILES string of the molecule is CC(C)NC(=O)NC(=O)CN(CCO)CCO. The second-order valence-corrected chi connectivity index (χ2v) is 3.90. The predicted octanol–water partition coefficient (Wildman–Crippen LogP) is -1.49. The van der Waals surface area contributed by atoms with E-state index < -0.39 is 11.9 Å². The summed E-state index contributed by atoms with van der Waals surface area (Å²) in [7, 11) is 0. The van der Waals surface area contributed by atoms with Crippen LogP contribution in [0.2, 0.25) is 0 Å². The molecule has 3 amide bonds. The average Bonchev–Trinajstić information content (AvgIpc) is 2.16. The number of hydrogen-bond acceptors (Lipinski definition) is 5. The summed E-state index contributed by atoms with van der Waals surface area (Å²) in [6.07, 6.45) is 0. The Hall–Kier alpha value is -1.18. The van der Waals surface area contributed by atoms with Gasteiger partial charge in [-0.15, -0.1) is 0 Å². The number of hydrogen-bond donors (Lipinski definition) is 4. The monoisotopic (exact) mass is 247 g/mol. The highest BCUT2D eigenvalue weighted by molar-refractivity contribution is 5.95. The van der Waals surface area contributed by atoms with Gasteiger partial charge in [-0.1, -0.05) is 0 Å². The van der Waals surface area contributed by atoms with Crippen LogP contribution in [0.25, 0.3) is 0 Å². The smallest absolute Gasteiger partial charge is 0.321 e. The van der Waals surface area contributed by atoms with Crippen LogP contribution in [0, 0.1) is 0 Å². The Balaban J connectivity index is 4.00. The lowest BCUT2D eigenvalue weighted by Gasteiger charge is -2.19. The minimum absolute atomic E-state index is 0.0351. The van der Waals surface area contributed by atoms with Crippen LogP contribution in [-0.4, -0.2) is 65.9 Å². The fraction of sp³-hybridized carbons (Fsp3) is 0.800. The molecule has 0 aliphatic heterocycles. The van der Waals surface area contributed by atoms with Crippen molar-refractivity contribution in [3.63, 3.8) is 0 Å². The van der Waals surface area contributed by atoms with E-state index in [1.165, 1.54) is 0 Å². The van der Waals surface area contributed by atoms with Crippen LogP contribution in [0.1, 0.15) is 13.8 Å². The van der Waals surface area contributed by atoms with E-state index in [-0.39, 0.29) is 38.9 Å². The molecule has 0 radical (unpaired) electrons. The second-order valence-electron chi connectivity index (χ2n) is 3.90. The number of rotatable bonds is 7. The standard InChI is InChI=1S/C10H21N3O4/c1-8(2)11-10(17)12-9(16)7-13(3-5-14)4-6-15/h8,14-15H,3-7H2,1-2H3,(H2,11,12,16,17). The molecule has 0 rings (SSSR count). The number of nitrogens with zero attached hydrogens (tertiary/aromatic N) is 1. The molecule has 100 valence electrons. The maximum atomic E-state index is 11.4. The predicted molar refractivity (Wildman–Crippen MR) is 62.4 cm³/mol. The normalized spacial score (nSPS) is 10.7. The molecule has 0 heterocycles. The quantitative estimate of drug-likeness (QED) is 0.439. The summed E-state index contributed by atoms with van der Waals surface area (Å²) in [5.74, 6) is -0.468. The fourth-order valence-corrected chi connectivity index (χ4v) is 1.22. The lowest BCUT2D eigenvalue weighted by Crippen LogP contribution is -2.47. The summed E-state index contributed by atoms with van der Waals surface area (Å²) in [5, 5.41) is 22.2. The summed E-state index contributed by atoms with van der Waals surface area (Å²) >= 11 is 0. The van der Waals surface area contributed by atoms with Gasteiger partial charge in [0.25, 0.3) is 0 Å². The van der Waals surface area contributed by atoms with E-state index in [2.05, 4.69) is 10.6 Å². The Labute approximate surface area is 101 Å². The minimum Gasteiger partial charge on any atom is -0.395 e. The van der Waals surface area contributed by atoms with Crippen molar-refractivity contribution in [1.82, 2.24) is 15.5 Å². The van der Waals surface area contributed by atoms with Gasteiger partial charge < -0.3 is 15.5 Å². The Morgan fingerprint density at radius 1 is 1.18 bits per heavy atom. The van der Waals surface area contributed by atoms with Gasteiger partial charge >= 0.3 is 6.03 Å². The van der Waals surface area contributed by atoms with E-state index in [0.29, 0.717) is 0 Å². The molecule has 0 spiro atoms. The first-order valence-corrected chi connectivity index (χ1v) is 5.54. The first-order chi connectivity index (χ1) is 7.99. The number of aliphatic hydroxyl groups is 2. The Morgan fingerprint density at radius 3 is 2.12 bits per heavy atom. The highest BCUT2D eigenvalue weighted by atomic mass is 16.3. The third-order valence-corrected chi connectivity index (χ3v) is 1.87. The summed E-state index contributed by atoms with van der Waals surface area (Å²) in [5.41, 5.74) is 0. The molecular weight excluding hydrogens is 226 g/mol. The largest absolute Gasteiger partial charge is 0.395 e. The number of imide groups is 1. The van der Waals surface area contributed by atoms with Crippen LogP contribution in [0.5, 0.6) is 0 Å². The summed E-state index contributed by atoms with van der Waals surface area (Å²) in [6, 6.07) is -0.591. The second kappa shape index (κ2) is 8.91. The van der Waals surface area contributed by atoms with Crippen LogP contribution in [0.3, 0.4) is 0 Å². The average molecular weight is 247 g/mol. The maximum Gasteiger partial charge on any atom is 0.321 e. The van der Waals surface area contributed by atoms with Gasteiger partial charge in [-0.3, -0.25) is 15.0 Å². The molecule has 0 saturated heterocycles. The molecule has 0 saturated carbocycles. The van der Waals surface area contributed by atoms with Crippen LogP contribution in [0.4, 0.5) is 4.79 Å². The number of carbonyl (C=O) groups excluding carboxylic acids is 2. The van der Waals surface area contributed by atoms with Crippen molar-refractivity contribution < 1.29 is 19.8 Å². The third-order valence-electron chi connectivity index (χ3n) is 1.87. The van der Waals surface area contributed by atoms with E-state index in [4.69, 9.17) is 10.2 Å². The van der Waals surface area contributed by atoms with Crippen LogP contribution < -0.4 is 10.6 Å². The van der Waals surface area contributed by atoms with Crippen molar-refractivity contribution in [3.8, 4) is 0 Å². The van der Waals surface area contributed by atoms with Crippen LogP contribution >= 0.6 is 0 Å². The topological polar surface area (TPSA) is 102 Å². The van der Waals surface area contributed by atoms with Gasteiger partial charge in [-0.25, -0.2) is 4.79 Å². The molecule has 0 unspecified atom stereocenters. The minimum atomic E-state index is -0.544. The van der Waals surface area contributed by atoms with Gasteiger partial charge in [0.15, 0.2) is 0 Å². The summed E-state index contributed by atoms with van der Waals surface area (Å²) < 4.78 is 0. The summed E-state index contributed by atoms with van der Waals surface area (Å²) in [6.45, 7) is 3.88. The zero-order valence-corrected chi connectivity index (χ0v) is 10.3. The highest BCUT2D eigenvalue weighted by Crippen LogP contribution is 1.87. The number of carbonyl (C=O) groups is 2. The third kappa shape index (κ3) is 8.61. The Bertz CT molecular complexity index is 240. The molecule has 0 fully saturated rings. The highest BCUT2D eigenvalue weighted by Gasteiger charge is 2.12. The van der Waals surface area contributed by atoms with Crippen LogP contribution in [0.15, 0.2) is 0 Å². The van der Waals surface area contributed by atoms with Crippen molar-refractivity contribution in [2.45, 2.75) is 19.9 Å². The molecule has 0 aliphatic rings. The molecule has 0 bridgehead atoms. The van der Waals surface area contributed by atoms with Crippen LogP contribution in [-0.2, 0) is 4.79 Å². The number of nitrogens with one attached hydrogen (secondary N) is 2. The summed E-state index contributed by atoms with van der Waals surface area (Å²) in [4.78, 5) is 24.2. The fourth-order valence-electron chi connectivity index (χ4n) is 1.22. The van der Waals surface area contributed by atoms with Gasteiger partial charge in [-0.05, 0) is 13.8 Å². The molecule has 7 heteroatoms. The lowest BCUT2D eigenvalue weighted by atomic mass is 10.4. The van der Waals surface area contributed by atoms with Gasteiger partial charge in [0.2, 0.25) is 5.91 Å². The van der Waals surface area contributed by atoms with Gasteiger partial charge in [-0.2, -0.15) is 0 Å². The number of aliphatic hydroxyl groups excluding tert-OH is 2. The van der Waals surface area contributed by atoms with E-state index in [9.17, 15) is 9.59 Å². The van der Waals surface area contributed by atoms with E-state index in [0.717, 1.165) is 0 Å². The molecular formula is C10H21N3O4. The molecule has 0 atom stereocenters. The molecule has 0 aliphatic carbocycles. The van der Waals surface area contributed by atoms with Gasteiger partial charge in [0, 0.05) is 19.1 Å². The maximum absolute atomic E-state index is 11.4. The van der Waals surface area contributed by atoms with Crippen molar-refractivity contribution in [1.29, 1.82) is 0 Å². The molecule has 4 N–H and O–H groups in total. The molecule has 0 aromatic rings. The van der Waals surface area contributed by atoms with Crippen molar-refractivity contribution >= 4 is 11.9 Å². The molecule has 0 aromatic carbocycles. The van der Waals surface area contributed by atoms with E-state index >= 15 is 0 Å².